The molecule has 0 saturated heterocycles. The number of hydrogen-bond donors (Lipinski definition) is 0. The zero-order valence-corrected chi connectivity index (χ0v) is 11.0. The number of imidazole rings is 1. The smallest absolute Gasteiger partial charge is 0.168 e. The van der Waals surface area contributed by atoms with Gasteiger partial charge in [0.2, 0.25) is 0 Å². The zero-order valence-electron chi connectivity index (χ0n) is 11.0. The first-order valence-corrected chi connectivity index (χ1v) is 5.72. The number of aromatic nitrogens is 2. The van der Waals surface area contributed by atoms with E-state index in [1.54, 1.807) is 11.7 Å². The maximum atomic E-state index is 11.2. The standard InChI is InChI=1S/C14H16N2O2/c1-9-7-11(5-6-13(9)18-4)14-12(8-17)16(3)10(2)15-14/h5-8H,1-4H3. The first-order valence-electron chi connectivity index (χ1n) is 5.72. The Labute approximate surface area is 106 Å². The summed E-state index contributed by atoms with van der Waals surface area (Å²) in [5, 5.41) is 0. The van der Waals surface area contributed by atoms with Gasteiger partial charge in [-0.2, -0.15) is 0 Å². The molecule has 0 atom stereocenters. The van der Waals surface area contributed by atoms with Gasteiger partial charge in [0.05, 0.1) is 12.8 Å². The van der Waals surface area contributed by atoms with Gasteiger partial charge in [-0.3, -0.25) is 4.79 Å². The van der Waals surface area contributed by atoms with E-state index in [-0.39, 0.29) is 0 Å². The summed E-state index contributed by atoms with van der Waals surface area (Å²) < 4.78 is 7.02. The first kappa shape index (κ1) is 12.4. The molecule has 0 saturated carbocycles. The number of ether oxygens (including phenoxy) is 1. The molecular weight excluding hydrogens is 228 g/mol. The molecule has 1 heterocycles. The SMILES string of the molecule is COc1ccc(-c2nc(C)n(C)c2C=O)cc1C. The molecule has 0 fully saturated rings. The van der Waals surface area contributed by atoms with E-state index in [0.717, 1.165) is 34.7 Å². The minimum absolute atomic E-state index is 0.595. The molecule has 1 aromatic carbocycles. The number of aldehydes is 1. The maximum Gasteiger partial charge on any atom is 0.168 e. The summed E-state index contributed by atoms with van der Waals surface area (Å²) in [6.07, 6.45) is 0.842. The van der Waals surface area contributed by atoms with Crippen LogP contribution in [0, 0.1) is 13.8 Å². The molecule has 0 aliphatic heterocycles. The first-order chi connectivity index (χ1) is 8.58. The molecule has 0 aliphatic carbocycles. The van der Waals surface area contributed by atoms with Crippen LogP contribution >= 0.6 is 0 Å². The van der Waals surface area contributed by atoms with Crippen LogP contribution in [0.25, 0.3) is 11.3 Å². The van der Waals surface area contributed by atoms with Crippen LogP contribution in [0.3, 0.4) is 0 Å². The molecule has 0 radical (unpaired) electrons. The van der Waals surface area contributed by atoms with E-state index in [4.69, 9.17) is 4.74 Å². The van der Waals surface area contributed by atoms with Crippen LogP contribution in [0.15, 0.2) is 18.2 Å². The van der Waals surface area contributed by atoms with E-state index < -0.39 is 0 Å². The van der Waals surface area contributed by atoms with Crippen molar-refractivity contribution in [1.29, 1.82) is 0 Å². The number of carbonyl (C=O) groups excluding carboxylic acids is 1. The number of aryl methyl sites for hydroxylation is 2. The van der Waals surface area contributed by atoms with Crippen LogP contribution < -0.4 is 4.74 Å². The van der Waals surface area contributed by atoms with E-state index >= 15 is 0 Å². The van der Waals surface area contributed by atoms with Crippen molar-refractivity contribution in [3.8, 4) is 17.0 Å². The fourth-order valence-electron chi connectivity index (χ4n) is 2.00. The second kappa shape index (κ2) is 4.64. The largest absolute Gasteiger partial charge is 0.496 e. The molecule has 4 heteroatoms. The van der Waals surface area contributed by atoms with Gasteiger partial charge in [-0.25, -0.2) is 4.98 Å². The quantitative estimate of drug-likeness (QED) is 0.779. The Hall–Kier alpha value is -2.10. The molecule has 4 nitrogen and oxygen atoms in total. The van der Waals surface area contributed by atoms with Gasteiger partial charge in [0.1, 0.15) is 17.3 Å². The lowest BCUT2D eigenvalue weighted by Gasteiger charge is -2.06. The second-order valence-corrected chi connectivity index (χ2v) is 4.25. The topological polar surface area (TPSA) is 44.1 Å². The van der Waals surface area contributed by atoms with Crippen molar-refractivity contribution in [3.63, 3.8) is 0 Å². The molecule has 0 spiro atoms. The van der Waals surface area contributed by atoms with Gasteiger partial charge >= 0.3 is 0 Å². The Balaban J connectivity index is 2.58. The van der Waals surface area contributed by atoms with Gasteiger partial charge in [-0.15, -0.1) is 0 Å². The lowest BCUT2D eigenvalue weighted by Crippen LogP contribution is -1.97. The molecular formula is C14H16N2O2. The third-order valence-electron chi connectivity index (χ3n) is 3.14. The lowest BCUT2D eigenvalue weighted by molar-refractivity contribution is 0.111. The summed E-state index contributed by atoms with van der Waals surface area (Å²) in [5.41, 5.74) is 3.27. The van der Waals surface area contributed by atoms with E-state index in [9.17, 15) is 4.79 Å². The number of nitrogens with zero attached hydrogens (tertiary/aromatic N) is 2. The minimum Gasteiger partial charge on any atom is -0.496 e. The second-order valence-electron chi connectivity index (χ2n) is 4.25. The van der Waals surface area contributed by atoms with Crippen LogP contribution in [0.5, 0.6) is 5.75 Å². The van der Waals surface area contributed by atoms with Crippen molar-refractivity contribution in [2.45, 2.75) is 13.8 Å². The maximum absolute atomic E-state index is 11.2. The van der Waals surface area contributed by atoms with Crippen molar-refractivity contribution in [2.75, 3.05) is 7.11 Å². The molecule has 2 aromatic rings. The van der Waals surface area contributed by atoms with Crippen LogP contribution in [-0.4, -0.2) is 22.9 Å². The number of benzene rings is 1. The molecule has 18 heavy (non-hydrogen) atoms. The summed E-state index contributed by atoms with van der Waals surface area (Å²) >= 11 is 0. The summed E-state index contributed by atoms with van der Waals surface area (Å²) in [6.45, 7) is 3.85. The monoisotopic (exact) mass is 244 g/mol. The highest BCUT2D eigenvalue weighted by Crippen LogP contribution is 2.27. The highest BCUT2D eigenvalue weighted by molar-refractivity contribution is 5.84. The third-order valence-corrected chi connectivity index (χ3v) is 3.14. The van der Waals surface area contributed by atoms with E-state index in [2.05, 4.69) is 4.98 Å². The Kier molecular flexibility index (Phi) is 3.19. The number of methoxy groups -OCH3 is 1. The fraction of sp³-hybridized carbons (Fsp3) is 0.286. The predicted molar refractivity (Wildman–Crippen MR) is 70.1 cm³/mol. The molecule has 0 N–H and O–H groups in total. The van der Waals surface area contributed by atoms with Crippen molar-refractivity contribution in [3.05, 3.63) is 35.3 Å². The van der Waals surface area contributed by atoms with E-state index in [1.165, 1.54) is 0 Å². The van der Waals surface area contributed by atoms with Crippen LogP contribution in [0.2, 0.25) is 0 Å². The van der Waals surface area contributed by atoms with Gasteiger partial charge in [-0.05, 0) is 37.6 Å². The average Bonchev–Trinajstić information content (AvgIpc) is 2.65. The normalized spacial score (nSPS) is 10.4. The summed E-state index contributed by atoms with van der Waals surface area (Å²) in [6, 6.07) is 5.79. The zero-order chi connectivity index (χ0) is 13.3. The van der Waals surface area contributed by atoms with E-state index in [1.807, 2.05) is 39.1 Å². The van der Waals surface area contributed by atoms with Crippen LogP contribution in [0.1, 0.15) is 21.9 Å². The van der Waals surface area contributed by atoms with E-state index in [0.29, 0.717) is 5.69 Å². The third kappa shape index (κ3) is 1.90. The van der Waals surface area contributed by atoms with Gasteiger partial charge in [-0.1, -0.05) is 0 Å². The van der Waals surface area contributed by atoms with Crippen LogP contribution in [-0.2, 0) is 7.05 Å². The summed E-state index contributed by atoms with van der Waals surface area (Å²) in [5.74, 6) is 1.65. The minimum atomic E-state index is 0.595. The van der Waals surface area contributed by atoms with Gasteiger partial charge in [0.25, 0.3) is 0 Å². The van der Waals surface area contributed by atoms with Crippen molar-refractivity contribution < 1.29 is 9.53 Å². The number of carbonyl (C=O) groups is 1. The van der Waals surface area contributed by atoms with Gasteiger partial charge < -0.3 is 9.30 Å². The molecule has 1 aromatic heterocycles. The highest BCUT2D eigenvalue weighted by Gasteiger charge is 2.14. The molecule has 2 rings (SSSR count). The molecule has 0 bridgehead atoms. The highest BCUT2D eigenvalue weighted by atomic mass is 16.5. The molecule has 0 unspecified atom stereocenters. The summed E-state index contributed by atoms with van der Waals surface area (Å²) in [7, 11) is 3.48. The Morgan fingerprint density at radius 3 is 2.61 bits per heavy atom. The molecule has 94 valence electrons. The Bertz CT molecular complexity index is 600. The molecule has 0 aliphatic rings. The van der Waals surface area contributed by atoms with Crippen molar-refractivity contribution in [1.82, 2.24) is 9.55 Å². The van der Waals surface area contributed by atoms with Gasteiger partial charge in [0, 0.05) is 12.6 Å². The van der Waals surface area contributed by atoms with Crippen LogP contribution in [0.4, 0.5) is 0 Å². The Morgan fingerprint density at radius 2 is 2.06 bits per heavy atom. The Morgan fingerprint density at radius 1 is 1.33 bits per heavy atom. The molecule has 0 amide bonds. The fourth-order valence-corrected chi connectivity index (χ4v) is 2.00. The van der Waals surface area contributed by atoms with Crippen molar-refractivity contribution in [2.24, 2.45) is 7.05 Å². The lowest BCUT2D eigenvalue weighted by atomic mass is 10.1. The summed E-state index contributed by atoms with van der Waals surface area (Å²) in [4.78, 5) is 15.6. The predicted octanol–water partition coefficient (Wildman–Crippen LogP) is 2.53. The number of hydrogen-bond acceptors (Lipinski definition) is 3. The average molecular weight is 244 g/mol. The number of rotatable bonds is 3. The van der Waals surface area contributed by atoms with Gasteiger partial charge in [0.15, 0.2) is 6.29 Å². The van der Waals surface area contributed by atoms with Crippen molar-refractivity contribution >= 4 is 6.29 Å².